The molecule has 0 aromatic heterocycles. The molecule has 1 aromatic carbocycles. The van der Waals surface area contributed by atoms with Gasteiger partial charge in [0, 0.05) is 0 Å². The number of phenols is 1. The molecule has 17 heavy (non-hydrogen) atoms. The van der Waals surface area contributed by atoms with Crippen molar-refractivity contribution in [2.24, 2.45) is 0 Å². The number of carbonyl (C=O) groups is 1. The van der Waals surface area contributed by atoms with E-state index in [4.69, 9.17) is 15.1 Å². The lowest BCUT2D eigenvalue weighted by Crippen LogP contribution is -2.19. The van der Waals surface area contributed by atoms with Gasteiger partial charge in [-0.1, -0.05) is 0 Å². The number of aliphatic carboxylic acids is 1. The Kier molecular flexibility index (Phi) is 2.43. The lowest BCUT2D eigenvalue weighted by atomic mass is 9.94. The smallest absolute Gasteiger partial charge is 0.314 e. The highest BCUT2D eigenvalue weighted by Crippen LogP contribution is 2.50. The molecule has 2 rings (SSSR count). The SMILES string of the molecule is COc1cc(C2(C(=O)O)CC2)cc(C#N)c1O. The maximum atomic E-state index is 11.2. The molecule has 5 nitrogen and oxygen atoms in total. The zero-order valence-corrected chi connectivity index (χ0v) is 9.23. The van der Waals surface area contributed by atoms with E-state index >= 15 is 0 Å². The molecule has 0 heterocycles. The summed E-state index contributed by atoms with van der Waals surface area (Å²) in [6, 6.07) is 4.73. The van der Waals surface area contributed by atoms with Gasteiger partial charge in [-0.25, -0.2) is 0 Å². The van der Waals surface area contributed by atoms with Crippen molar-refractivity contribution in [3.05, 3.63) is 23.3 Å². The Bertz CT molecular complexity index is 526. The Hall–Kier alpha value is -2.22. The number of carboxylic acid groups (broad SMARTS) is 1. The minimum absolute atomic E-state index is 0.0341. The summed E-state index contributed by atoms with van der Waals surface area (Å²) in [5.41, 5.74) is -0.366. The number of nitriles is 1. The first-order chi connectivity index (χ1) is 8.05. The number of nitrogens with zero attached hydrogens (tertiary/aromatic N) is 1. The van der Waals surface area contributed by atoms with E-state index in [0.29, 0.717) is 18.4 Å². The number of benzene rings is 1. The van der Waals surface area contributed by atoms with Gasteiger partial charge in [0.2, 0.25) is 0 Å². The molecule has 1 aliphatic carbocycles. The molecule has 0 amide bonds. The van der Waals surface area contributed by atoms with Gasteiger partial charge < -0.3 is 14.9 Å². The van der Waals surface area contributed by atoms with E-state index in [1.54, 1.807) is 0 Å². The van der Waals surface area contributed by atoms with Crippen molar-refractivity contribution < 1.29 is 19.7 Å². The van der Waals surface area contributed by atoms with Crippen LogP contribution in [0.4, 0.5) is 0 Å². The fourth-order valence-electron chi connectivity index (χ4n) is 1.88. The second-order valence-corrected chi connectivity index (χ2v) is 4.07. The Balaban J connectivity index is 2.58. The molecule has 0 spiro atoms. The second-order valence-electron chi connectivity index (χ2n) is 4.07. The quantitative estimate of drug-likeness (QED) is 0.823. The van der Waals surface area contributed by atoms with Crippen LogP contribution < -0.4 is 4.74 Å². The number of methoxy groups -OCH3 is 1. The molecule has 2 N–H and O–H groups in total. The topological polar surface area (TPSA) is 90.5 Å². The molecule has 0 saturated heterocycles. The first-order valence-electron chi connectivity index (χ1n) is 5.10. The fraction of sp³-hybridized carbons (Fsp3) is 0.333. The molecule has 88 valence electrons. The van der Waals surface area contributed by atoms with E-state index in [-0.39, 0.29) is 17.1 Å². The van der Waals surface area contributed by atoms with Crippen LogP contribution in [0.5, 0.6) is 11.5 Å². The largest absolute Gasteiger partial charge is 0.503 e. The zero-order valence-electron chi connectivity index (χ0n) is 9.23. The molecular weight excluding hydrogens is 222 g/mol. The number of ether oxygens (including phenoxy) is 1. The van der Waals surface area contributed by atoms with Gasteiger partial charge in [-0.15, -0.1) is 0 Å². The molecule has 1 aromatic rings. The summed E-state index contributed by atoms with van der Waals surface area (Å²) in [6.07, 6.45) is 1.09. The number of phenolic OH excluding ortho intramolecular Hbond substituents is 1. The third-order valence-electron chi connectivity index (χ3n) is 3.13. The third kappa shape index (κ3) is 1.58. The predicted octanol–water partition coefficient (Wildman–Crippen LogP) is 1.39. The summed E-state index contributed by atoms with van der Waals surface area (Å²) in [7, 11) is 1.36. The van der Waals surface area contributed by atoms with Crippen molar-refractivity contribution in [2.75, 3.05) is 7.11 Å². The summed E-state index contributed by atoms with van der Waals surface area (Å²) >= 11 is 0. The molecule has 0 unspecified atom stereocenters. The van der Waals surface area contributed by atoms with Crippen LogP contribution in [0, 0.1) is 11.3 Å². The predicted molar refractivity (Wildman–Crippen MR) is 57.9 cm³/mol. The summed E-state index contributed by atoms with van der Waals surface area (Å²) in [4.78, 5) is 11.2. The average molecular weight is 233 g/mol. The van der Waals surface area contributed by atoms with E-state index in [1.807, 2.05) is 6.07 Å². The number of carboxylic acids is 1. The van der Waals surface area contributed by atoms with Crippen LogP contribution in [0.3, 0.4) is 0 Å². The molecule has 0 aliphatic heterocycles. The summed E-state index contributed by atoms with van der Waals surface area (Å²) in [5, 5.41) is 27.7. The first kappa shape index (κ1) is 11.3. The van der Waals surface area contributed by atoms with Crippen LogP contribution in [0.2, 0.25) is 0 Å². The van der Waals surface area contributed by atoms with Gasteiger partial charge in [0.15, 0.2) is 11.5 Å². The van der Waals surface area contributed by atoms with E-state index in [9.17, 15) is 9.90 Å². The number of aromatic hydroxyl groups is 1. The Morgan fingerprint density at radius 1 is 1.53 bits per heavy atom. The highest BCUT2D eigenvalue weighted by molar-refractivity contribution is 5.85. The van der Waals surface area contributed by atoms with Crippen LogP contribution in [-0.4, -0.2) is 23.3 Å². The van der Waals surface area contributed by atoms with Gasteiger partial charge in [0.1, 0.15) is 6.07 Å². The molecule has 1 saturated carbocycles. The molecule has 1 aliphatic rings. The van der Waals surface area contributed by atoms with Crippen LogP contribution in [-0.2, 0) is 10.2 Å². The lowest BCUT2D eigenvalue weighted by Gasteiger charge is -2.13. The van der Waals surface area contributed by atoms with Gasteiger partial charge in [0.05, 0.1) is 18.1 Å². The Morgan fingerprint density at radius 2 is 2.18 bits per heavy atom. The van der Waals surface area contributed by atoms with Crippen LogP contribution >= 0.6 is 0 Å². The van der Waals surface area contributed by atoms with E-state index in [2.05, 4.69) is 0 Å². The molecule has 0 radical (unpaired) electrons. The second kappa shape index (κ2) is 3.67. The van der Waals surface area contributed by atoms with Crippen molar-refractivity contribution in [1.29, 1.82) is 5.26 Å². The first-order valence-corrected chi connectivity index (χ1v) is 5.10. The van der Waals surface area contributed by atoms with E-state index in [1.165, 1.54) is 19.2 Å². The summed E-state index contributed by atoms with van der Waals surface area (Å²) in [5.74, 6) is -1.03. The van der Waals surface area contributed by atoms with Crippen molar-refractivity contribution >= 4 is 5.97 Å². The van der Waals surface area contributed by atoms with Gasteiger partial charge in [0.25, 0.3) is 0 Å². The van der Waals surface area contributed by atoms with Gasteiger partial charge >= 0.3 is 5.97 Å². The molecule has 0 bridgehead atoms. The highest BCUT2D eigenvalue weighted by Gasteiger charge is 2.52. The number of hydrogen-bond acceptors (Lipinski definition) is 4. The molecule has 1 fully saturated rings. The van der Waals surface area contributed by atoms with E-state index in [0.717, 1.165) is 0 Å². The lowest BCUT2D eigenvalue weighted by molar-refractivity contribution is -0.140. The summed E-state index contributed by atoms with van der Waals surface area (Å²) < 4.78 is 4.94. The van der Waals surface area contributed by atoms with Gasteiger partial charge in [-0.3, -0.25) is 4.79 Å². The van der Waals surface area contributed by atoms with Gasteiger partial charge in [-0.05, 0) is 30.5 Å². The molecule has 5 heteroatoms. The normalized spacial score (nSPS) is 16.0. The number of hydrogen-bond donors (Lipinski definition) is 2. The average Bonchev–Trinajstić information content (AvgIpc) is 3.10. The Morgan fingerprint density at radius 3 is 2.59 bits per heavy atom. The fourth-order valence-corrected chi connectivity index (χ4v) is 1.88. The highest BCUT2D eigenvalue weighted by atomic mass is 16.5. The summed E-state index contributed by atoms with van der Waals surface area (Å²) in [6.45, 7) is 0. The minimum atomic E-state index is -0.910. The van der Waals surface area contributed by atoms with Crippen molar-refractivity contribution in [1.82, 2.24) is 0 Å². The number of rotatable bonds is 3. The third-order valence-corrected chi connectivity index (χ3v) is 3.13. The maximum absolute atomic E-state index is 11.2. The van der Waals surface area contributed by atoms with Gasteiger partial charge in [-0.2, -0.15) is 5.26 Å². The molecular formula is C12H11NO4. The monoisotopic (exact) mass is 233 g/mol. The van der Waals surface area contributed by atoms with Crippen LogP contribution in [0.25, 0.3) is 0 Å². The van der Waals surface area contributed by atoms with Crippen molar-refractivity contribution in [3.8, 4) is 17.6 Å². The Labute approximate surface area is 97.9 Å². The van der Waals surface area contributed by atoms with Crippen LogP contribution in [0.15, 0.2) is 12.1 Å². The van der Waals surface area contributed by atoms with Crippen LogP contribution in [0.1, 0.15) is 24.0 Å². The van der Waals surface area contributed by atoms with Crippen molar-refractivity contribution in [2.45, 2.75) is 18.3 Å². The maximum Gasteiger partial charge on any atom is 0.314 e. The minimum Gasteiger partial charge on any atom is -0.503 e. The zero-order chi connectivity index (χ0) is 12.6. The molecule has 0 atom stereocenters. The van der Waals surface area contributed by atoms with E-state index < -0.39 is 11.4 Å². The standard InChI is InChI=1S/C12H11NO4/c1-17-9-5-8(4-7(6-13)10(9)14)12(2-3-12)11(15)16/h4-5,14H,2-3H2,1H3,(H,15,16). The van der Waals surface area contributed by atoms with Crippen molar-refractivity contribution in [3.63, 3.8) is 0 Å².